The lowest BCUT2D eigenvalue weighted by molar-refractivity contribution is 0.519. The zero-order valence-electron chi connectivity index (χ0n) is 11.8. The van der Waals surface area contributed by atoms with Crippen LogP contribution in [0.15, 0.2) is 48.8 Å². The van der Waals surface area contributed by atoms with Crippen LogP contribution in [0.5, 0.6) is 0 Å². The molecule has 0 aliphatic heterocycles. The Morgan fingerprint density at radius 2 is 1.67 bits per heavy atom. The van der Waals surface area contributed by atoms with E-state index in [1.54, 1.807) is 0 Å². The van der Waals surface area contributed by atoms with Crippen LogP contribution in [0.25, 0.3) is 5.69 Å². The number of unbranched alkanes of at least 4 members (excludes halogenated alkanes) is 2. The van der Waals surface area contributed by atoms with Gasteiger partial charge in [-0.25, -0.2) is 4.72 Å². The predicted octanol–water partition coefficient (Wildman–Crippen LogP) is 2.44. The Kier molecular flexibility index (Phi) is 6.46. The molecular formula is C15H20N3O2S-. The van der Waals surface area contributed by atoms with Gasteiger partial charge in [-0.1, -0.05) is 6.42 Å². The highest BCUT2D eigenvalue weighted by Gasteiger charge is 1.96. The van der Waals surface area contributed by atoms with E-state index in [4.69, 9.17) is 0 Å². The third-order valence-corrected chi connectivity index (χ3v) is 3.61. The molecule has 0 amide bonds. The Morgan fingerprint density at radius 3 is 2.33 bits per heavy atom. The number of hydrogen-bond donors (Lipinski definition) is 2. The Bertz CT molecular complexity index is 541. The molecule has 2 N–H and O–H groups in total. The summed E-state index contributed by atoms with van der Waals surface area (Å²) in [4.78, 5) is 0. The average Bonchev–Trinajstić information content (AvgIpc) is 3.01. The van der Waals surface area contributed by atoms with Crippen molar-refractivity contribution >= 4 is 17.0 Å². The van der Waals surface area contributed by atoms with Gasteiger partial charge in [0.2, 0.25) is 0 Å². The molecule has 0 bridgehead atoms. The highest BCUT2D eigenvalue weighted by molar-refractivity contribution is 7.77. The van der Waals surface area contributed by atoms with Gasteiger partial charge in [-0.15, -0.1) is 0 Å². The normalized spacial score (nSPS) is 12.2. The molecule has 2 aromatic rings. The number of anilines is 1. The molecule has 0 fully saturated rings. The summed E-state index contributed by atoms with van der Waals surface area (Å²) in [6.45, 7) is 1.41. The number of nitrogens with one attached hydrogen (secondary N) is 2. The standard InChI is InChI=1S/C15H21N3O2S/c19-21(20)17-11-3-1-2-10-16-14-6-8-15(9-7-14)18-12-4-5-13-18/h4-9,12-13,16-17H,1-3,10-11H2,(H,19,20)/p-1. The maximum atomic E-state index is 10.3. The number of rotatable bonds is 9. The first kappa shape index (κ1) is 15.8. The number of benzene rings is 1. The summed E-state index contributed by atoms with van der Waals surface area (Å²) in [6.07, 6.45) is 6.92. The third kappa shape index (κ3) is 5.71. The second-order valence-corrected chi connectivity index (χ2v) is 5.51. The summed E-state index contributed by atoms with van der Waals surface area (Å²) in [5.41, 5.74) is 2.24. The highest BCUT2D eigenvalue weighted by Crippen LogP contribution is 2.13. The topological polar surface area (TPSA) is 69.1 Å². The van der Waals surface area contributed by atoms with E-state index in [9.17, 15) is 8.76 Å². The smallest absolute Gasteiger partial charge is 0.0450 e. The lowest BCUT2D eigenvalue weighted by Gasteiger charge is -2.09. The largest absolute Gasteiger partial charge is 0.760 e. The van der Waals surface area contributed by atoms with Gasteiger partial charge >= 0.3 is 0 Å². The monoisotopic (exact) mass is 306 g/mol. The lowest BCUT2D eigenvalue weighted by atomic mass is 10.2. The van der Waals surface area contributed by atoms with Crippen molar-refractivity contribution in [2.24, 2.45) is 0 Å². The fourth-order valence-electron chi connectivity index (χ4n) is 2.07. The summed E-state index contributed by atoms with van der Waals surface area (Å²) < 4.78 is 25.0. The lowest BCUT2D eigenvalue weighted by Crippen LogP contribution is -2.17. The minimum Gasteiger partial charge on any atom is -0.760 e. The first-order valence-electron chi connectivity index (χ1n) is 7.06. The second-order valence-electron chi connectivity index (χ2n) is 4.75. The molecule has 0 aliphatic carbocycles. The molecule has 0 spiro atoms. The highest BCUT2D eigenvalue weighted by atomic mass is 32.2. The SMILES string of the molecule is O=S([O-])NCCCCCNc1ccc(-n2cccc2)cc1. The molecule has 1 atom stereocenters. The summed E-state index contributed by atoms with van der Waals surface area (Å²) in [6, 6.07) is 12.3. The minimum absolute atomic E-state index is 0.516. The fourth-order valence-corrected chi connectivity index (χ4v) is 2.38. The predicted molar refractivity (Wildman–Crippen MR) is 85.0 cm³/mol. The fraction of sp³-hybridized carbons (Fsp3) is 0.333. The molecule has 21 heavy (non-hydrogen) atoms. The summed E-state index contributed by atoms with van der Waals surface area (Å²) in [5.74, 6) is 0. The molecule has 5 nitrogen and oxygen atoms in total. The van der Waals surface area contributed by atoms with E-state index in [1.807, 2.05) is 24.5 Å². The molecule has 1 aromatic carbocycles. The van der Waals surface area contributed by atoms with E-state index >= 15 is 0 Å². The van der Waals surface area contributed by atoms with Crippen molar-refractivity contribution in [2.45, 2.75) is 19.3 Å². The van der Waals surface area contributed by atoms with Crippen molar-refractivity contribution in [3.63, 3.8) is 0 Å². The van der Waals surface area contributed by atoms with Crippen molar-refractivity contribution in [1.82, 2.24) is 9.29 Å². The van der Waals surface area contributed by atoms with Gasteiger partial charge in [0.05, 0.1) is 0 Å². The van der Waals surface area contributed by atoms with Crippen molar-refractivity contribution in [1.29, 1.82) is 0 Å². The third-order valence-electron chi connectivity index (χ3n) is 3.17. The Hall–Kier alpha value is -1.63. The molecule has 0 radical (unpaired) electrons. The van der Waals surface area contributed by atoms with Crippen molar-refractivity contribution < 1.29 is 8.76 Å². The Morgan fingerprint density at radius 1 is 1.00 bits per heavy atom. The van der Waals surface area contributed by atoms with Gasteiger partial charge in [-0.3, -0.25) is 4.21 Å². The molecule has 0 aliphatic rings. The van der Waals surface area contributed by atoms with Crippen LogP contribution in [0.2, 0.25) is 0 Å². The quantitative estimate of drug-likeness (QED) is 0.552. The van der Waals surface area contributed by atoms with Crippen molar-refractivity contribution in [3.8, 4) is 5.69 Å². The van der Waals surface area contributed by atoms with E-state index in [-0.39, 0.29) is 0 Å². The van der Waals surface area contributed by atoms with Gasteiger partial charge in [-0.2, -0.15) is 0 Å². The maximum Gasteiger partial charge on any atom is 0.0450 e. The van der Waals surface area contributed by atoms with Crippen LogP contribution in [0.3, 0.4) is 0 Å². The number of nitrogens with zero attached hydrogens (tertiary/aromatic N) is 1. The van der Waals surface area contributed by atoms with Crippen LogP contribution in [-0.2, 0) is 11.3 Å². The first-order valence-corrected chi connectivity index (χ1v) is 8.13. The Balaban J connectivity index is 1.64. The molecule has 1 aromatic heterocycles. The minimum atomic E-state index is -2.14. The van der Waals surface area contributed by atoms with Crippen LogP contribution >= 0.6 is 0 Å². The maximum absolute atomic E-state index is 10.3. The molecular weight excluding hydrogens is 286 g/mol. The zero-order chi connectivity index (χ0) is 14.9. The molecule has 2 rings (SSSR count). The summed E-state index contributed by atoms with van der Waals surface area (Å²) in [5, 5.41) is 3.37. The molecule has 1 unspecified atom stereocenters. The molecule has 0 saturated carbocycles. The van der Waals surface area contributed by atoms with E-state index in [0.717, 1.165) is 37.2 Å². The van der Waals surface area contributed by atoms with E-state index in [2.05, 4.69) is 38.9 Å². The average molecular weight is 306 g/mol. The van der Waals surface area contributed by atoms with Crippen molar-refractivity contribution in [2.75, 3.05) is 18.4 Å². The zero-order valence-corrected chi connectivity index (χ0v) is 12.6. The molecule has 1 heterocycles. The van der Waals surface area contributed by atoms with Gasteiger partial charge in [0, 0.05) is 48.1 Å². The summed E-state index contributed by atoms with van der Waals surface area (Å²) in [7, 11) is 0. The van der Waals surface area contributed by atoms with Crippen molar-refractivity contribution in [3.05, 3.63) is 48.8 Å². The second kappa shape index (κ2) is 8.61. The van der Waals surface area contributed by atoms with Crippen LogP contribution in [0.4, 0.5) is 5.69 Å². The summed E-state index contributed by atoms with van der Waals surface area (Å²) >= 11 is -2.14. The molecule has 0 saturated heterocycles. The van der Waals surface area contributed by atoms with Crippen LogP contribution in [-0.4, -0.2) is 26.4 Å². The number of aromatic nitrogens is 1. The number of hydrogen-bond acceptors (Lipinski definition) is 3. The van der Waals surface area contributed by atoms with Gasteiger partial charge < -0.3 is 14.4 Å². The van der Waals surface area contributed by atoms with E-state index < -0.39 is 11.3 Å². The van der Waals surface area contributed by atoms with E-state index in [0.29, 0.717) is 6.54 Å². The van der Waals surface area contributed by atoms with Gasteiger partial charge in [0.1, 0.15) is 0 Å². The van der Waals surface area contributed by atoms with Gasteiger partial charge in [0.15, 0.2) is 0 Å². The van der Waals surface area contributed by atoms with Crippen LogP contribution in [0, 0.1) is 0 Å². The Labute approximate surface area is 127 Å². The molecule has 6 heteroatoms. The van der Waals surface area contributed by atoms with Gasteiger partial charge in [0.25, 0.3) is 0 Å². The first-order chi connectivity index (χ1) is 10.3. The molecule has 114 valence electrons. The van der Waals surface area contributed by atoms with E-state index in [1.165, 1.54) is 0 Å². The van der Waals surface area contributed by atoms with Gasteiger partial charge in [-0.05, 0) is 49.2 Å². The van der Waals surface area contributed by atoms with Crippen LogP contribution < -0.4 is 10.0 Å². The van der Waals surface area contributed by atoms with Crippen LogP contribution in [0.1, 0.15) is 19.3 Å².